The lowest BCUT2D eigenvalue weighted by atomic mass is 10.00. The van der Waals surface area contributed by atoms with Crippen LogP contribution in [-0.4, -0.2) is 18.1 Å². The van der Waals surface area contributed by atoms with E-state index in [1.54, 1.807) is 0 Å². The molecule has 0 radical (unpaired) electrons. The molecule has 0 aliphatic rings. The zero-order valence-electron chi connectivity index (χ0n) is 12.7. The lowest BCUT2D eigenvalue weighted by molar-refractivity contribution is 0.0607. The van der Waals surface area contributed by atoms with E-state index in [2.05, 4.69) is 16.3 Å². The van der Waals surface area contributed by atoms with Gasteiger partial charge in [0.05, 0.1) is 23.5 Å². The Morgan fingerprint density at radius 2 is 1.96 bits per heavy atom. The number of carbonyl (C=O) groups excluding carboxylic acids is 1. The molecule has 0 atom stereocenters. The minimum absolute atomic E-state index is 0.0757. The Bertz CT molecular complexity index is 1030. The predicted octanol–water partition coefficient (Wildman–Crippen LogP) is 4.95. The highest BCUT2D eigenvalue weighted by molar-refractivity contribution is 7.21. The SMILES string of the molecule is C=Cc1c(F)c(F)cc(-c2c(C(=O)OC)sc3cc(F)cnc23)c1F. The van der Waals surface area contributed by atoms with E-state index in [0.717, 1.165) is 36.8 Å². The van der Waals surface area contributed by atoms with Crippen LogP contribution in [0.25, 0.3) is 27.4 Å². The van der Waals surface area contributed by atoms with Crippen molar-refractivity contribution in [3.05, 3.63) is 58.6 Å². The van der Waals surface area contributed by atoms with Crippen LogP contribution in [-0.2, 0) is 4.74 Å². The van der Waals surface area contributed by atoms with Gasteiger partial charge in [0.2, 0.25) is 0 Å². The second-order valence-corrected chi connectivity index (χ2v) is 6.00. The Kier molecular flexibility index (Phi) is 4.30. The number of thiophene rings is 1. The van der Waals surface area contributed by atoms with Crippen molar-refractivity contribution in [1.29, 1.82) is 0 Å². The van der Waals surface area contributed by atoms with Crippen molar-refractivity contribution >= 4 is 33.6 Å². The van der Waals surface area contributed by atoms with Crippen molar-refractivity contribution < 1.29 is 27.1 Å². The van der Waals surface area contributed by atoms with E-state index in [1.807, 2.05) is 0 Å². The summed E-state index contributed by atoms with van der Waals surface area (Å²) in [6.45, 7) is 3.26. The van der Waals surface area contributed by atoms with Gasteiger partial charge in [-0.25, -0.2) is 22.4 Å². The van der Waals surface area contributed by atoms with Gasteiger partial charge in [0, 0.05) is 16.7 Å². The molecule has 2 heterocycles. The number of fused-ring (bicyclic) bond motifs is 1. The third-order valence-electron chi connectivity index (χ3n) is 3.53. The molecule has 3 nitrogen and oxygen atoms in total. The van der Waals surface area contributed by atoms with Crippen LogP contribution < -0.4 is 0 Å². The van der Waals surface area contributed by atoms with Crippen molar-refractivity contribution in [3.63, 3.8) is 0 Å². The van der Waals surface area contributed by atoms with Gasteiger partial charge in [-0.15, -0.1) is 11.3 Å². The largest absolute Gasteiger partial charge is 0.465 e. The average Bonchev–Trinajstić information content (AvgIpc) is 2.96. The number of aromatic nitrogens is 1. The summed E-state index contributed by atoms with van der Waals surface area (Å²) < 4.78 is 60.6. The number of methoxy groups -OCH3 is 1. The first-order chi connectivity index (χ1) is 11.9. The van der Waals surface area contributed by atoms with Crippen LogP contribution in [0.2, 0.25) is 0 Å². The molecular weight excluding hydrogens is 358 g/mol. The van der Waals surface area contributed by atoms with Gasteiger partial charge < -0.3 is 4.74 Å². The third-order valence-corrected chi connectivity index (χ3v) is 4.64. The molecule has 0 aliphatic carbocycles. The van der Waals surface area contributed by atoms with Gasteiger partial charge in [-0.1, -0.05) is 12.7 Å². The zero-order valence-corrected chi connectivity index (χ0v) is 13.5. The number of pyridine rings is 1. The molecule has 0 unspecified atom stereocenters. The predicted molar refractivity (Wildman–Crippen MR) is 86.3 cm³/mol. The number of esters is 1. The highest BCUT2D eigenvalue weighted by Crippen LogP contribution is 2.41. The van der Waals surface area contributed by atoms with Crippen LogP contribution >= 0.6 is 11.3 Å². The molecular formula is C17H9F4NO2S. The summed E-state index contributed by atoms with van der Waals surface area (Å²) in [4.78, 5) is 15.8. The number of benzene rings is 1. The average molecular weight is 367 g/mol. The van der Waals surface area contributed by atoms with Crippen molar-refractivity contribution in [3.8, 4) is 11.1 Å². The maximum Gasteiger partial charge on any atom is 0.348 e. The first-order valence-electron chi connectivity index (χ1n) is 6.85. The molecule has 25 heavy (non-hydrogen) atoms. The minimum atomic E-state index is -1.39. The minimum Gasteiger partial charge on any atom is -0.465 e. The highest BCUT2D eigenvalue weighted by atomic mass is 32.1. The molecule has 3 aromatic rings. The lowest BCUT2D eigenvalue weighted by Gasteiger charge is -2.09. The van der Waals surface area contributed by atoms with Crippen LogP contribution in [0.3, 0.4) is 0 Å². The Morgan fingerprint density at radius 1 is 1.24 bits per heavy atom. The smallest absolute Gasteiger partial charge is 0.348 e. The molecule has 0 saturated carbocycles. The molecule has 2 aromatic heterocycles. The first-order valence-corrected chi connectivity index (χ1v) is 7.67. The van der Waals surface area contributed by atoms with Crippen LogP contribution in [0.15, 0.2) is 24.9 Å². The van der Waals surface area contributed by atoms with Crippen LogP contribution in [0.1, 0.15) is 15.2 Å². The summed E-state index contributed by atoms with van der Waals surface area (Å²) in [6, 6.07) is 1.73. The van der Waals surface area contributed by atoms with Crippen molar-refractivity contribution in [2.75, 3.05) is 7.11 Å². The molecule has 0 amide bonds. The molecule has 1 aromatic carbocycles. The van der Waals surface area contributed by atoms with Crippen molar-refractivity contribution in [2.24, 2.45) is 0 Å². The Morgan fingerprint density at radius 3 is 2.60 bits per heavy atom. The van der Waals surface area contributed by atoms with Crippen LogP contribution in [0.4, 0.5) is 17.6 Å². The first kappa shape index (κ1) is 17.1. The number of hydrogen-bond donors (Lipinski definition) is 0. The van der Waals surface area contributed by atoms with Crippen LogP contribution in [0, 0.1) is 23.3 Å². The fraction of sp³-hybridized carbons (Fsp3) is 0.0588. The zero-order chi connectivity index (χ0) is 18.3. The fourth-order valence-corrected chi connectivity index (χ4v) is 3.54. The second kappa shape index (κ2) is 6.29. The molecule has 3 rings (SSSR count). The molecule has 8 heteroatoms. The molecule has 0 fully saturated rings. The summed E-state index contributed by atoms with van der Waals surface area (Å²) in [7, 11) is 1.11. The standard InChI is InChI=1S/C17H9F4NO2S/c1-3-8-13(20)9(5-10(19)14(8)21)12-15-11(4-7(18)6-22-15)25-16(12)17(23)24-2/h3-6H,1H2,2H3. The van der Waals surface area contributed by atoms with E-state index in [1.165, 1.54) is 0 Å². The maximum atomic E-state index is 14.7. The number of ether oxygens (including phenoxy) is 1. The second-order valence-electron chi connectivity index (χ2n) is 4.95. The number of rotatable bonds is 3. The normalized spacial score (nSPS) is 10.9. The van der Waals surface area contributed by atoms with E-state index >= 15 is 0 Å². The number of halogens is 4. The summed E-state index contributed by atoms with van der Waals surface area (Å²) in [5, 5.41) is 0. The maximum absolute atomic E-state index is 14.7. The summed E-state index contributed by atoms with van der Waals surface area (Å²) >= 11 is 0.812. The molecule has 0 spiro atoms. The van der Waals surface area contributed by atoms with E-state index in [-0.39, 0.29) is 26.2 Å². The number of hydrogen-bond acceptors (Lipinski definition) is 4. The number of nitrogens with zero attached hydrogens (tertiary/aromatic N) is 1. The van der Waals surface area contributed by atoms with Gasteiger partial charge in [0.15, 0.2) is 11.6 Å². The Labute approximate surface area is 143 Å². The molecule has 0 bridgehead atoms. The van der Waals surface area contributed by atoms with Gasteiger partial charge in [0.25, 0.3) is 0 Å². The Hall–Kier alpha value is -2.74. The Balaban J connectivity index is 2.45. The van der Waals surface area contributed by atoms with Gasteiger partial charge >= 0.3 is 5.97 Å². The van der Waals surface area contributed by atoms with Gasteiger partial charge in [0.1, 0.15) is 16.5 Å². The van der Waals surface area contributed by atoms with E-state index in [4.69, 9.17) is 0 Å². The molecule has 128 valence electrons. The van der Waals surface area contributed by atoms with Crippen molar-refractivity contribution in [1.82, 2.24) is 4.98 Å². The summed E-state index contributed by atoms with van der Waals surface area (Å²) in [6.07, 6.45) is 1.71. The number of carbonyl (C=O) groups is 1. The monoisotopic (exact) mass is 367 g/mol. The summed E-state index contributed by atoms with van der Waals surface area (Å²) in [5.74, 6) is -5.31. The fourth-order valence-electron chi connectivity index (χ4n) is 2.43. The molecule has 0 N–H and O–H groups in total. The van der Waals surface area contributed by atoms with Crippen molar-refractivity contribution in [2.45, 2.75) is 0 Å². The van der Waals surface area contributed by atoms with Gasteiger partial charge in [-0.05, 0) is 12.1 Å². The van der Waals surface area contributed by atoms with Gasteiger partial charge in [-0.2, -0.15) is 0 Å². The third kappa shape index (κ3) is 2.68. The lowest BCUT2D eigenvalue weighted by Crippen LogP contribution is -2.03. The van der Waals surface area contributed by atoms with E-state index in [9.17, 15) is 22.4 Å². The summed E-state index contributed by atoms with van der Waals surface area (Å²) in [5.41, 5.74) is -1.08. The van der Waals surface area contributed by atoms with E-state index in [0.29, 0.717) is 6.07 Å². The molecule has 0 saturated heterocycles. The van der Waals surface area contributed by atoms with Gasteiger partial charge in [-0.3, -0.25) is 4.98 Å². The molecule has 0 aliphatic heterocycles. The van der Waals surface area contributed by atoms with E-state index < -0.39 is 34.8 Å². The topological polar surface area (TPSA) is 39.2 Å². The van der Waals surface area contributed by atoms with Crippen LogP contribution in [0.5, 0.6) is 0 Å². The highest BCUT2D eigenvalue weighted by Gasteiger charge is 2.27. The quantitative estimate of drug-likeness (QED) is 0.374.